The van der Waals surface area contributed by atoms with Gasteiger partial charge in [-0.15, -0.1) is 0 Å². The zero-order chi connectivity index (χ0) is 23.4. The predicted octanol–water partition coefficient (Wildman–Crippen LogP) is 4.43. The highest BCUT2D eigenvalue weighted by atomic mass is 15.2. The van der Waals surface area contributed by atoms with Crippen molar-refractivity contribution in [3.63, 3.8) is 0 Å². The monoisotopic (exact) mass is 436 g/mol. The fourth-order valence-electron chi connectivity index (χ4n) is 3.94. The minimum absolute atomic E-state index is 0.631. The largest absolute Gasteiger partial charge is 0.369 e. The Morgan fingerprint density at radius 1 is 1.06 bits per heavy atom. The summed E-state index contributed by atoms with van der Waals surface area (Å²) in [6, 6.07) is 13.7. The number of aromatic nitrogens is 1. The van der Waals surface area contributed by atoms with Crippen molar-refractivity contribution in [2.45, 2.75) is 6.92 Å². The average Bonchev–Trinajstić information content (AvgIpc) is 2.86. The number of piperazine rings is 1. The standard InChI is InChI=1S/C27H28N6/c1-5-27(23-8-6-22(16-28)7-9-23)33-19-26(29-17-20(33)2)25-11-10-24(18-30-25)21(3)32-14-12-31(4)13-15-32/h5-11,17-19H,2-3,12-15H2,1,4H3/b27-5-. The molecule has 2 aliphatic heterocycles. The molecule has 0 spiro atoms. The number of nitrogens with zero attached hydrogens (tertiary/aromatic N) is 6. The van der Waals surface area contributed by atoms with Crippen molar-refractivity contribution >= 4 is 23.3 Å². The molecular formula is C27H28N6. The van der Waals surface area contributed by atoms with Crippen LogP contribution in [-0.2, 0) is 0 Å². The van der Waals surface area contributed by atoms with Crippen LogP contribution in [0.2, 0.25) is 0 Å². The van der Waals surface area contributed by atoms with Gasteiger partial charge < -0.3 is 14.7 Å². The van der Waals surface area contributed by atoms with Gasteiger partial charge in [0, 0.05) is 55.5 Å². The Hall–Kier alpha value is -3.95. The first-order valence-corrected chi connectivity index (χ1v) is 11.0. The van der Waals surface area contributed by atoms with Crippen molar-refractivity contribution in [1.29, 1.82) is 5.26 Å². The Morgan fingerprint density at radius 3 is 2.36 bits per heavy atom. The van der Waals surface area contributed by atoms with E-state index in [0.717, 1.165) is 65.8 Å². The summed E-state index contributed by atoms with van der Waals surface area (Å²) in [5.41, 5.74) is 6.93. The lowest BCUT2D eigenvalue weighted by Crippen LogP contribution is -2.43. The second-order valence-corrected chi connectivity index (χ2v) is 8.17. The fourth-order valence-corrected chi connectivity index (χ4v) is 3.94. The number of pyridine rings is 1. The van der Waals surface area contributed by atoms with Gasteiger partial charge in [-0.25, -0.2) is 0 Å². The van der Waals surface area contributed by atoms with E-state index in [2.05, 4.69) is 52.1 Å². The van der Waals surface area contributed by atoms with E-state index in [9.17, 15) is 0 Å². The molecule has 0 atom stereocenters. The highest BCUT2D eigenvalue weighted by molar-refractivity contribution is 5.89. The molecule has 1 fully saturated rings. The first kappa shape index (κ1) is 22.3. The van der Waals surface area contributed by atoms with E-state index < -0.39 is 0 Å². The summed E-state index contributed by atoms with van der Waals surface area (Å²) in [6.07, 6.45) is 7.60. The third-order valence-electron chi connectivity index (χ3n) is 6.00. The topological polar surface area (TPSA) is 58.8 Å². The molecule has 0 saturated carbocycles. The second kappa shape index (κ2) is 9.68. The molecule has 0 unspecified atom stereocenters. The van der Waals surface area contributed by atoms with Gasteiger partial charge in [0.05, 0.1) is 29.2 Å². The minimum atomic E-state index is 0.631. The SMILES string of the molecule is C=C(c1ccc(C2=CN(/C(=C\C)c3ccc(C#N)cc3)C(=C)C=N2)nc1)N1CCN(C)CC1. The zero-order valence-electron chi connectivity index (χ0n) is 19.2. The first-order valence-electron chi connectivity index (χ1n) is 11.0. The number of nitriles is 1. The molecule has 2 aromatic rings. The van der Waals surface area contributed by atoms with E-state index in [1.54, 1.807) is 6.21 Å². The molecule has 6 heteroatoms. The molecule has 0 aliphatic carbocycles. The molecule has 1 saturated heterocycles. The van der Waals surface area contributed by atoms with Crippen LogP contribution in [0.15, 0.2) is 78.7 Å². The van der Waals surface area contributed by atoms with Crippen LogP contribution in [0.4, 0.5) is 0 Å². The lowest BCUT2D eigenvalue weighted by Gasteiger charge is -2.35. The van der Waals surface area contributed by atoms with Crippen LogP contribution < -0.4 is 0 Å². The average molecular weight is 437 g/mol. The highest BCUT2D eigenvalue weighted by Gasteiger charge is 2.19. The molecule has 0 bridgehead atoms. The van der Waals surface area contributed by atoms with E-state index in [1.165, 1.54) is 0 Å². The first-order chi connectivity index (χ1) is 16.0. The van der Waals surface area contributed by atoms with Crippen molar-refractivity contribution in [3.8, 4) is 6.07 Å². The number of likely N-dealkylation sites (N-methyl/N-ethyl adjacent to an activating group) is 1. The Kier molecular flexibility index (Phi) is 6.53. The van der Waals surface area contributed by atoms with Gasteiger partial charge in [-0.05, 0) is 43.8 Å². The minimum Gasteiger partial charge on any atom is -0.369 e. The normalized spacial score (nSPS) is 17.1. The van der Waals surface area contributed by atoms with Crippen molar-refractivity contribution in [2.24, 2.45) is 4.99 Å². The van der Waals surface area contributed by atoms with Crippen molar-refractivity contribution in [2.75, 3.05) is 33.2 Å². The number of benzene rings is 1. The van der Waals surface area contributed by atoms with E-state index in [4.69, 9.17) is 5.26 Å². The number of rotatable bonds is 5. The molecular weight excluding hydrogens is 408 g/mol. The van der Waals surface area contributed by atoms with Crippen LogP contribution in [0.25, 0.3) is 17.1 Å². The van der Waals surface area contributed by atoms with Crippen LogP contribution in [0.1, 0.15) is 29.3 Å². The molecule has 1 aromatic heterocycles. The molecule has 33 heavy (non-hydrogen) atoms. The molecule has 0 N–H and O–H groups in total. The van der Waals surface area contributed by atoms with E-state index in [1.807, 2.05) is 60.6 Å². The zero-order valence-corrected chi connectivity index (χ0v) is 19.2. The summed E-state index contributed by atoms with van der Waals surface area (Å²) in [7, 11) is 2.15. The Morgan fingerprint density at radius 2 is 1.76 bits per heavy atom. The Balaban J connectivity index is 1.55. The van der Waals surface area contributed by atoms with E-state index >= 15 is 0 Å². The van der Waals surface area contributed by atoms with Crippen LogP contribution in [0, 0.1) is 11.3 Å². The molecule has 4 rings (SSSR count). The number of hydrogen-bond acceptors (Lipinski definition) is 6. The Bertz CT molecular complexity index is 1170. The molecule has 6 nitrogen and oxygen atoms in total. The number of aliphatic imine (C=N–C) groups is 1. The maximum Gasteiger partial charge on any atom is 0.105 e. The van der Waals surface area contributed by atoms with Gasteiger partial charge in [-0.1, -0.05) is 31.4 Å². The molecule has 1 aromatic carbocycles. The molecule has 2 aliphatic rings. The van der Waals surface area contributed by atoms with Gasteiger partial charge in [0.15, 0.2) is 0 Å². The van der Waals surface area contributed by atoms with Gasteiger partial charge in [0.2, 0.25) is 0 Å². The molecule has 3 heterocycles. The number of hydrogen-bond donors (Lipinski definition) is 0. The third-order valence-corrected chi connectivity index (χ3v) is 6.00. The van der Waals surface area contributed by atoms with Gasteiger partial charge in [0.25, 0.3) is 0 Å². The van der Waals surface area contributed by atoms with Crippen molar-refractivity contribution in [1.82, 2.24) is 19.7 Å². The Labute approximate surface area is 195 Å². The molecule has 0 amide bonds. The van der Waals surface area contributed by atoms with Gasteiger partial charge in [-0.2, -0.15) is 5.26 Å². The van der Waals surface area contributed by atoms with Crippen LogP contribution in [-0.4, -0.2) is 59.1 Å². The third kappa shape index (κ3) is 4.79. The number of allylic oxidation sites excluding steroid dienone is 2. The van der Waals surface area contributed by atoms with Crippen LogP contribution >= 0.6 is 0 Å². The quantitative estimate of drug-likeness (QED) is 0.694. The summed E-state index contributed by atoms with van der Waals surface area (Å²) < 4.78 is 0. The predicted molar refractivity (Wildman–Crippen MR) is 135 cm³/mol. The maximum atomic E-state index is 9.08. The second-order valence-electron chi connectivity index (χ2n) is 8.17. The fraction of sp³-hybridized carbons (Fsp3) is 0.222. The molecule has 166 valence electrons. The van der Waals surface area contributed by atoms with Gasteiger partial charge >= 0.3 is 0 Å². The van der Waals surface area contributed by atoms with Crippen LogP contribution in [0.5, 0.6) is 0 Å². The maximum absolute atomic E-state index is 9.08. The molecule has 0 radical (unpaired) electrons. The van der Waals surface area contributed by atoms with E-state index in [0.29, 0.717) is 5.56 Å². The summed E-state index contributed by atoms with van der Waals surface area (Å²) >= 11 is 0. The lowest BCUT2D eigenvalue weighted by molar-refractivity contribution is 0.207. The van der Waals surface area contributed by atoms with E-state index in [-0.39, 0.29) is 0 Å². The summed E-state index contributed by atoms with van der Waals surface area (Å²) in [6.45, 7) is 14.5. The lowest BCUT2D eigenvalue weighted by atomic mass is 10.1. The van der Waals surface area contributed by atoms with Gasteiger partial charge in [0.1, 0.15) is 5.70 Å². The summed E-state index contributed by atoms with van der Waals surface area (Å²) in [5.74, 6) is 0. The smallest absolute Gasteiger partial charge is 0.105 e. The van der Waals surface area contributed by atoms with Crippen molar-refractivity contribution < 1.29 is 0 Å². The summed E-state index contributed by atoms with van der Waals surface area (Å²) in [5, 5.41) is 9.08. The van der Waals surface area contributed by atoms with Crippen LogP contribution in [0.3, 0.4) is 0 Å². The van der Waals surface area contributed by atoms with Gasteiger partial charge in [-0.3, -0.25) is 9.98 Å². The summed E-state index contributed by atoms with van der Waals surface area (Å²) in [4.78, 5) is 15.9. The van der Waals surface area contributed by atoms with Crippen molar-refractivity contribution in [3.05, 3.63) is 96.1 Å². The highest BCUT2D eigenvalue weighted by Crippen LogP contribution is 2.29.